The van der Waals surface area contributed by atoms with Crippen LogP contribution >= 0.6 is 0 Å². The van der Waals surface area contributed by atoms with E-state index in [1.807, 2.05) is 60.7 Å². The lowest BCUT2D eigenvalue weighted by molar-refractivity contribution is 0.620. The van der Waals surface area contributed by atoms with Gasteiger partial charge in [-0.15, -0.1) is 0 Å². The number of aromatic nitrogens is 6. The molecule has 2 aliphatic heterocycles. The van der Waals surface area contributed by atoms with Gasteiger partial charge in [-0.3, -0.25) is 9.13 Å². The number of rotatable bonds is 4. The molecule has 0 N–H and O–H groups in total. The molecular formula is C50H33BN6O2. The van der Waals surface area contributed by atoms with E-state index in [-0.39, 0.29) is 6.71 Å². The first kappa shape index (κ1) is 32.6. The van der Waals surface area contributed by atoms with E-state index in [4.69, 9.17) is 28.8 Å². The van der Waals surface area contributed by atoms with Crippen molar-refractivity contribution in [3.8, 4) is 57.1 Å². The second-order valence-corrected chi connectivity index (χ2v) is 16.0. The summed E-state index contributed by atoms with van der Waals surface area (Å²) < 4.78 is 18.2. The molecule has 0 amide bonds. The van der Waals surface area contributed by atoms with Gasteiger partial charge in [-0.2, -0.15) is 0 Å². The summed E-state index contributed by atoms with van der Waals surface area (Å²) in [7, 11) is 0. The molecule has 278 valence electrons. The number of fused-ring (bicyclic) bond motifs is 8. The highest BCUT2D eigenvalue weighted by molar-refractivity contribution is 7.00. The maximum absolute atomic E-state index is 6.71. The molecule has 9 heteroatoms. The van der Waals surface area contributed by atoms with Gasteiger partial charge in [0.25, 0.3) is 6.71 Å². The summed E-state index contributed by atoms with van der Waals surface area (Å²) in [5.74, 6) is 2.91. The number of nitrogens with zero attached hydrogens (tertiary/aromatic N) is 6. The molecule has 0 aliphatic carbocycles. The monoisotopic (exact) mass is 760 g/mol. The van der Waals surface area contributed by atoms with Crippen molar-refractivity contribution in [2.75, 3.05) is 0 Å². The van der Waals surface area contributed by atoms with Crippen LogP contribution in [-0.2, 0) is 0 Å². The lowest BCUT2D eigenvalue weighted by Crippen LogP contribution is -2.59. The fourth-order valence-corrected chi connectivity index (χ4v) is 10.0. The maximum atomic E-state index is 6.71. The van der Waals surface area contributed by atoms with Gasteiger partial charge in [0.15, 0.2) is 11.2 Å². The second kappa shape index (κ2) is 11.5. The van der Waals surface area contributed by atoms with Crippen LogP contribution in [0.2, 0.25) is 0 Å². The molecular weight excluding hydrogens is 727 g/mol. The van der Waals surface area contributed by atoms with Gasteiger partial charge >= 0.3 is 0 Å². The Balaban J connectivity index is 1.20. The van der Waals surface area contributed by atoms with Crippen LogP contribution < -0.4 is 16.4 Å². The van der Waals surface area contributed by atoms with Crippen molar-refractivity contribution in [1.82, 2.24) is 29.1 Å². The normalized spacial score (nSPS) is 12.7. The van der Waals surface area contributed by atoms with E-state index in [2.05, 4.69) is 104 Å². The van der Waals surface area contributed by atoms with Crippen LogP contribution in [0.4, 0.5) is 0 Å². The molecule has 59 heavy (non-hydrogen) atoms. The molecule has 0 radical (unpaired) electrons. The van der Waals surface area contributed by atoms with Crippen LogP contribution in [-0.4, -0.2) is 35.8 Å². The molecule has 4 aromatic heterocycles. The first-order valence-electron chi connectivity index (χ1n) is 20.0. The van der Waals surface area contributed by atoms with Crippen LogP contribution in [0.1, 0.15) is 22.3 Å². The van der Waals surface area contributed by atoms with E-state index in [9.17, 15) is 0 Å². The molecule has 6 heterocycles. The summed E-state index contributed by atoms with van der Waals surface area (Å²) in [6.07, 6.45) is 0. The minimum absolute atomic E-state index is 0.208. The second-order valence-electron chi connectivity index (χ2n) is 16.0. The molecule has 7 aromatic carbocycles. The van der Waals surface area contributed by atoms with E-state index in [0.29, 0.717) is 22.9 Å². The van der Waals surface area contributed by atoms with Gasteiger partial charge in [0.05, 0.1) is 11.0 Å². The van der Waals surface area contributed by atoms with Gasteiger partial charge in [0.1, 0.15) is 33.7 Å². The van der Waals surface area contributed by atoms with E-state index < -0.39 is 0 Å². The number of aryl methyl sites for hydroxylation is 4. The molecule has 13 rings (SSSR count). The molecule has 0 fully saturated rings. The van der Waals surface area contributed by atoms with Gasteiger partial charge in [-0.1, -0.05) is 78.9 Å². The van der Waals surface area contributed by atoms with Crippen LogP contribution in [0, 0.1) is 27.7 Å². The maximum Gasteiger partial charge on any atom is 0.252 e. The minimum atomic E-state index is -0.208. The SMILES string of the molecule is Cc1cccc(C)c1-c1nc2c3nc(-c4ccccc4)oc3cc3c2n1-c1cccc2c1B3c1cc3oc(-c4ccccc4)nc3c3nc(-c4c(C)cccc4C)n-2c13. The Hall–Kier alpha value is -7.52. The third-order valence-corrected chi connectivity index (χ3v) is 12.5. The smallest absolute Gasteiger partial charge is 0.252 e. The summed E-state index contributed by atoms with van der Waals surface area (Å²) in [5, 5.41) is 0. The lowest BCUT2D eigenvalue weighted by atomic mass is 9.34. The molecule has 0 atom stereocenters. The van der Waals surface area contributed by atoms with Crippen molar-refractivity contribution in [2.24, 2.45) is 0 Å². The third kappa shape index (κ3) is 4.28. The topological polar surface area (TPSA) is 87.7 Å². The summed E-state index contributed by atoms with van der Waals surface area (Å²) >= 11 is 0. The number of hydrogen-bond donors (Lipinski definition) is 0. The summed E-state index contributed by atoms with van der Waals surface area (Å²) in [5.41, 5.74) is 20.8. The third-order valence-electron chi connectivity index (χ3n) is 12.5. The highest BCUT2D eigenvalue weighted by Gasteiger charge is 2.43. The standard InChI is InChI=1S/C50H33BN6O2/c1-26-14-11-15-27(2)38(26)47-52-43-41-36(58-49(54-41)30-18-7-5-8-19-30)24-32-45(43)56(47)34-22-13-23-35-40(34)51(32)33-25-37-42(55-50(59-37)31-20-9-6-10-21-31)44-46(33)57(35)48(53-44)39-28(3)16-12-17-29(39)4/h5-25H,1-4H3. The fraction of sp³-hybridized carbons (Fsp3) is 0.0800. The molecule has 11 aromatic rings. The predicted molar refractivity (Wildman–Crippen MR) is 236 cm³/mol. The fourth-order valence-electron chi connectivity index (χ4n) is 10.0. The first-order chi connectivity index (χ1) is 28.9. The molecule has 8 nitrogen and oxygen atoms in total. The molecule has 0 bridgehead atoms. The minimum Gasteiger partial charge on any atom is -0.436 e. The van der Waals surface area contributed by atoms with E-state index >= 15 is 0 Å². The average Bonchev–Trinajstić information content (AvgIpc) is 4.05. The van der Waals surface area contributed by atoms with Gasteiger partial charge in [-0.25, -0.2) is 19.9 Å². The Kier molecular flexibility index (Phi) is 6.37. The van der Waals surface area contributed by atoms with Crippen LogP contribution in [0.25, 0.3) is 101 Å². The largest absolute Gasteiger partial charge is 0.436 e. The van der Waals surface area contributed by atoms with Gasteiger partial charge in [-0.05, 0) is 115 Å². The quantitative estimate of drug-likeness (QED) is 0.166. The van der Waals surface area contributed by atoms with Crippen molar-refractivity contribution in [1.29, 1.82) is 0 Å². The number of oxazole rings is 2. The van der Waals surface area contributed by atoms with Crippen molar-refractivity contribution in [3.05, 3.63) is 150 Å². The van der Waals surface area contributed by atoms with Crippen LogP contribution in [0.5, 0.6) is 0 Å². The van der Waals surface area contributed by atoms with Crippen molar-refractivity contribution >= 4 is 67.4 Å². The molecule has 0 saturated heterocycles. The van der Waals surface area contributed by atoms with Crippen molar-refractivity contribution in [3.63, 3.8) is 0 Å². The Morgan fingerprint density at radius 1 is 0.441 bits per heavy atom. The zero-order chi connectivity index (χ0) is 39.3. The van der Waals surface area contributed by atoms with Gasteiger partial charge in [0.2, 0.25) is 11.8 Å². The lowest BCUT2D eigenvalue weighted by Gasteiger charge is -2.33. The Morgan fingerprint density at radius 3 is 1.27 bits per heavy atom. The van der Waals surface area contributed by atoms with Crippen molar-refractivity contribution in [2.45, 2.75) is 27.7 Å². The van der Waals surface area contributed by atoms with E-state index in [1.54, 1.807) is 0 Å². The summed E-state index contributed by atoms with van der Waals surface area (Å²) in [4.78, 5) is 21.5. The number of benzene rings is 7. The number of imidazole rings is 2. The molecule has 0 spiro atoms. The Morgan fingerprint density at radius 2 is 0.847 bits per heavy atom. The van der Waals surface area contributed by atoms with Gasteiger partial charge in [0, 0.05) is 33.6 Å². The average molecular weight is 761 g/mol. The molecule has 0 saturated carbocycles. The van der Waals surface area contributed by atoms with Crippen molar-refractivity contribution < 1.29 is 8.83 Å². The molecule has 0 unspecified atom stereocenters. The Labute approximate surface area is 338 Å². The van der Waals surface area contributed by atoms with Crippen LogP contribution in [0.3, 0.4) is 0 Å². The van der Waals surface area contributed by atoms with E-state index in [1.165, 1.54) is 5.46 Å². The zero-order valence-electron chi connectivity index (χ0n) is 32.7. The first-order valence-corrected chi connectivity index (χ1v) is 20.0. The highest BCUT2D eigenvalue weighted by atomic mass is 16.4. The Bertz CT molecular complexity index is 3340. The van der Waals surface area contributed by atoms with E-state index in [0.717, 1.165) is 112 Å². The summed E-state index contributed by atoms with van der Waals surface area (Å²) in [6.45, 7) is 8.47. The highest BCUT2D eigenvalue weighted by Crippen LogP contribution is 2.42. The van der Waals surface area contributed by atoms with Crippen LogP contribution in [0.15, 0.2) is 136 Å². The predicted octanol–water partition coefficient (Wildman–Crippen LogP) is 9.69. The molecule has 2 aliphatic rings. The zero-order valence-corrected chi connectivity index (χ0v) is 32.7. The summed E-state index contributed by atoms with van der Waals surface area (Å²) in [6, 6.07) is 44.2. The number of hydrogen-bond acceptors (Lipinski definition) is 6. The van der Waals surface area contributed by atoms with Gasteiger partial charge < -0.3 is 8.83 Å².